The Bertz CT molecular complexity index is 1390. The van der Waals surface area contributed by atoms with Crippen LogP contribution in [0.1, 0.15) is 61.4 Å². The molecule has 2 atom stereocenters. The first-order valence-corrected chi connectivity index (χ1v) is 14.2. The lowest BCUT2D eigenvalue weighted by Gasteiger charge is -2.24. The van der Waals surface area contributed by atoms with E-state index in [0.717, 1.165) is 48.8 Å². The van der Waals surface area contributed by atoms with Gasteiger partial charge in [-0.3, -0.25) is 0 Å². The zero-order valence-electron chi connectivity index (χ0n) is 24.0. The maximum absolute atomic E-state index is 12.8. The molecule has 3 aromatic carbocycles. The SMILES string of the molecule is C=C1CC(C(CCCCCC)Oc2ccc(C(=O)Oc3ccc(-c4ccc(/C=C/C(=O)OC)cc4)cc3)cc2)OC1=O. The van der Waals surface area contributed by atoms with E-state index in [2.05, 4.69) is 18.2 Å². The molecule has 4 rings (SSSR count). The predicted molar refractivity (Wildman–Crippen MR) is 161 cm³/mol. The molecule has 0 radical (unpaired) electrons. The van der Waals surface area contributed by atoms with E-state index in [9.17, 15) is 14.4 Å². The van der Waals surface area contributed by atoms with E-state index in [1.54, 1.807) is 42.5 Å². The van der Waals surface area contributed by atoms with Gasteiger partial charge in [0.1, 0.15) is 23.7 Å². The van der Waals surface area contributed by atoms with Gasteiger partial charge in [-0.1, -0.05) is 69.2 Å². The lowest BCUT2D eigenvalue weighted by Crippen LogP contribution is -2.31. The summed E-state index contributed by atoms with van der Waals surface area (Å²) in [6.45, 7) is 5.95. The summed E-state index contributed by atoms with van der Waals surface area (Å²) < 4.78 is 21.9. The van der Waals surface area contributed by atoms with Crippen molar-refractivity contribution < 1.29 is 33.3 Å². The second-order valence-corrected chi connectivity index (χ2v) is 10.2. The Morgan fingerprint density at radius 3 is 2.17 bits per heavy atom. The number of cyclic esters (lactones) is 1. The van der Waals surface area contributed by atoms with Crippen LogP contribution in [0.15, 0.2) is 91.0 Å². The van der Waals surface area contributed by atoms with Gasteiger partial charge >= 0.3 is 17.9 Å². The summed E-state index contributed by atoms with van der Waals surface area (Å²) in [7, 11) is 1.34. The first kappa shape index (κ1) is 30.3. The number of methoxy groups -OCH3 is 1. The number of benzene rings is 3. The van der Waals surface area contributed by atoms with E-state index in [-0.39, 0.29) is 18.2 Å². The van der Waals surface area contributed by atoms with Gasteiger partial charge in [-0.25, -0.2) is 14.4 Å². The molecule has 0 N–H and O–H groups in total. The number of unbranched alkanes of at least 4 members (excludes halogenated alkanes) is 3. The second-order valence-electron chi connectivity index (χ2n) is 10.2. The number of hydrogen-bond acceptors (Lipinski definition) is 7. The van der Waals surface area contributed by atoms with Crippen LogP contribution in [0.3, 0.4) is 0 Å². The summed E-state index contributed by atoms with van der Waals surface area (Å²) in [5, 5.41) is 0. The lowest BCUT2D eigenvalue weighted by atomic mass is 10.0. The minimum absolute atomic E-state index is 0.283. The van der Waals surface area contributed by atoms with Crippen molar-refractivity contribution in [2.24, 2.45) is 0 Å². The summed E-state index contributed by atoms with van der Waals surface area (Å²) in [5.74, 6) is -0.228. The average molecular weight is 569 g/mol. The van der Waals surface area contributed by atoms with E-state index in [1.165, 1.54) is 13.2 Å². The number of carbonyl (C=O) groups excluding carboxylic acids is 3. The zero-order chi connectivity index (χ0) is 29.9. The third kappa shape index (κ3) is 8.43. The first-order chi connectivity index (χ1) is 20.4. The van der Waals surface area contributed by atoms with Crippen molar-refractivity contribution >= 4 is 24.0 Å². The van der Waals surface area contributed by atoms with Crippen molar-refractivity contribution in [1.82, 2.24) is 0 Å². The van der Waals surface area contributed by atoms with E-state index in [1.807, 2.05) is 36.4 Å². The van der Waals surface area contributed by atoms with Gasteiger partial charge in [0.05, 0.1) is 12.7 Å². The van der Waals surface area contributed by atoms with Crippen molar-refractivity contribution in [3.05, 3.63) is 102 Å². The molecule has 3 aromatic rings. The number of ether oxygens (including phenoxy) is 4. The van der Waals surface area contributed by atoms with Gasteiger partial charge < -0.3 is 18.9 Å². The molecule has 0 spiro atoms. The molecular weight excluding hydrogens is 532 g/mol. The van der Waals surface area contributed by atoms with E-state index < -0.39 is 11.9 Å². The van der Waals surface area contributed by atoms with Crippen LogP contribution in [0, 0.1) is 0 Å². The highest BCUT2D eigenvalue weighted by molar-refractivity contribution is 5.91. The average Bonchev–Trinajstić information content (AvgIpc) is 3.35. The van der Waals surface area contributed by atoms with Gasteiger partial charge in [-0.05, 0) is 72.0 Å². The largest absolute Gasteiger partial charge is 0.487 e. The molecule has 0 bridgehead atoms. The Balaban J connectivity index is 1.34. The normalized spacial score (nSPS) is 15.3. The molecule has 1 heterocycles. The van der Waals surface area contributed by atoms with Crippen molar-refractivity contribution in [2.45, 2.75) is 57.7 Å². The molecule has 0 aliphatic carbocycles. The van der Waals surface area contributed by atoms with Gasteiger partial charge in [0, 0.05) is 18.1 Å². The predicted octanol–water partition coefficient (Wildman–Crippen LogP) is 7.35. The Morgan fingerprint density at radius 2 is 1.57 bits per heavy atom. The van der Waals surface area contributed by atoms with Gasteiger partial charge in [-0.15, -0.1) is 0 Å². The van der Waals surface area contributed by atoms with Crippen molar-refractivity contribution in [3.63, 3.8) is 0 Å². The maximum atomic E-state index is 12.8. The van der Waals surface area contributed by atoms with Crippen LogP contribution in [-0.2, 0) is 19.1 Å². The molecule has 7 nitrogen and oxygen atoms in total. The van der Waals surface area contributed by atoms with E-state index >= 15 is 0 Å². The summed E-state index contributed by atoms with van der Waals surface area (Å²) in [5.41, 5.74) is 3.68. The van der Waals surface area contributed by atoms with Gasteiger partial charge in [0.25, 0.3) is 0 Å². The highest BCUT2D eigenvalue weighted by Crippen LogP contribution is 2.28. The standard InChI is InChI=1S/C35H36O7/c1-4-5-6-7-8-31(32-23-24(2)34(37)42-32)40-29-20-16-28(17-21-29)35(38)41-30-18-14-27(15-19-30)26-12-9-25(10-13-26)11-22-33(36)39-3/h9-22,31-32H,2,4-8,23H2,1,3H3/b22-11+. The fourth-order valence-corrected chi connectivity index (χ4v) is 4.63. The molecule has 0 amide bonds. The minimum atomic E-state index is -0.479. The highest BCUT2D eigenvalue weighted by atomic mass is 16.6. The zero-order valence-corrected chi connectivity index (χ0v) is 24.0. The molecule has 1 saturated heterocycles. The summed E-state index contributed by atoms with van der Waals surface area (Å²) in [4.78, 5) is 36.0. The summed E-state index contributed by atoms with van der Waals surface area (Å²) in [6.07, 6.45) is 7.98. The molecule has 1 fully saturated rings. The number of carbonyl (C=O) groups is 3. The molecule has 218 valence electrons. The molecule has 1 aliphatic heterocycles. The Hall–Kier alpha value is -4.65. The quantitative estimate of drug-likeness (QED) is 0.0922. The van der Waals surface area contributed by atoms with Crippen molar-refractivity contribution in [2.75, 3.05) is 7.11 Å². The third-order valence-electron chi connectivity index (χ3n) is 7.05. The van der Waals surface area contributed by atoms with Crippen LogP contribution < -0.4 is 9.47 Å². The molecule has 1 aliphatic rings. The van der Waals surface area contributed by atoms with E-state index in [0.29, 0.717) is 29.1 Å². The van der Waals surface area contributed by atoms with Crippen LogP contribution in [0.25, 0.3) is 17.2 Å². The van der Waals surface area contributed by atoms with Crippen molar-refractivity contribution in [3.8, 4) is 22.6 Å². The number of esters is 3. The topological polar surface area (TPSA) is 88.1 Å². The molecule has 7 heteroatoms. The van der Waals surface area contributed by atoms with Gasteiger partial charge in [0.15, 0.2) is 0 Å². The minimum Gasteiger partial charge on any atom is -0.487 e. The Morgan fingerprint density at radius 1 is 0.929 bits per heavy atom. The molecule has 42 heavy (non-hydrogen) atoms. The summed E-state index contributed by atoms with van der Waals surface area (Å²) in [6, 6.07) is 21.7. The van der Waals surface area contributed by atoms with Crippen molar-refractivity contribution in [1.29, 1.82) is 0 Å². The first-order valence-electron chi connectivity index (χ1n) is 14.2. The molecular formula is C35H36O7. The lowest BCUT2D eigenvalue weighted by molar-refractivity contribution is -0.142. The fraction of sp³-hybridized carbons (Fsp3) is 0.286. The Kier molecular flexibility index (Phi) is 10.7. The van der Waals surface area contributed by atoms with Gasteiger partial charge in [0.2, 0.25) is 0 Å². The van der Waals surface area contributed by atoms with Crippen LogP contribution >= 0.6 is 0 Å². The van der Waals surface area contributed by atoms with Crippen LogP contribution in [0.4, 0.5) is 0 Å². The highest BCUT2D eigenvalue weighted by Gasteiger charge is 2.35. The smallest absolute Gasteiger partial charge is 0.343 e. The number of rotatable bonds is 13. The second kappa shape index (κ2) is 14.8. The molecule has 0 aromatic heterocycles. The molecule has 0 saturated carbocycles. The maximum Gasteiger partial charge on any atom is 0.343 e. The van der Waals surface area contributed by atoms with Gasteiger partial charge in [-0.2, -0.15) is 0 Å². The summed E-state index contributed by atoms with van der Waals surface area (Å²) >= 11 is 0. The van der Waals surface area contributed by atoms with E-state index in [4.69, 9.17) is 14.2 Å². The fourth-order valence-electron chi connectivity index (χ4n) is 4.63. The monoisotopic (exact) mass is 568 g/mol. The Labute approximate surface area is 246 Å². The number of hydrogen-bond donors (Lipinski definition) is 0. The van der Waals surface area contributed by atoms with Crippen LogP contribution in [0.2, 0.25) is 0 Å². The third-order valence-corrected chi connectivity index (χ3v) is 7.05. The molecule has 2 unspecified atom stereocenters. The van der Waals surface area contributed by atoms with Crippen LogP contribution in [0.5, 0.6) is 11.5 Å². The van der Waals surface area contributed by atoms with Crippen LogP contribution in [-0.4, -0.2) is 37.2 Å².